The van der Waals surface area contributed by atoms with Crippen LogP contribution in [0.3, 0.4) is 0 Å². The molecule has 0 saturated heterocycles. The number of rotatable bonds is 6. The summed E-state index contributed by atoms with van der Waals surface area (Å²) in [6.07, 6.45) is 1.73. The zero-order valence-electron chi connectivity index (χ0n) is 11.9. The van der Waals surface area contributed by atoms with Crippen LogP contribution in [-0.4, -0.2) is 23.1 Å². The Bertz CT molecular complexity index is 401. The van der Waals surface area contributed by atoms with Crippen molar-refractivity contribution < 1.29 is 9.90 Å². The van der Waals surface area contributed by atoms with E-state index in [9.17, 15) is 9.90 Å². The third-order valence-corrected chi connectivity index (χ3v) is 3.39. The summed E-state index contributed by atoms with van der Waals surface area (Å²) >= 11 is 0. The molecule has 0 aliphatic heterocycles. The molecule has 1 aromatic carbocycles. The molecule has 1 aromatic rings. The van der Waals surface area contributed by atoms with Crippen molar-refractivity contribution in [2.45, 2.75) is 45.7 Å². The number of phenolic OH excluding ortho intramolecular Hbond substituents is 1. The molecule has 0 aliphatic rings. The van der Waals surface area contributed by atoms with Crippen molar-refractivity contribution in [1.82, 2.24) is 5.32 Å². The lowest BCUT2D eigenvalue weighted by atomic mass is 10.0. The fourth-order valence-electron chi connectivity index (χ4n) is 1.73. The highest BCUT2D eigenvalue weighted by atomic mass is 16.3. The largest absolute Gasteiger partial charge is 0.508 e. The molecule has 1 amide bonds. The van der Waals surface area contributed by atoms with Crippen LogP contribution >= 0.6 is 0 Å². The van der Waals surface area contributed by atoms with Crippen molar-refractivity contribution in [3.8, 4) is 5.75 Å². The normalized spacial score (nSPS) is 15.6. The number of nitrogens with one attached hydrogen (secondary N) is 1. The Balaban J connectivity index is 2.37. The number of aryl methyl sites for hydroxylation is 1. The Kier molecular flexibility index (Phi) is 5.83. The Morgan fingerprint density at radius 2 is 1.84 bits per heavy atom. The molecular weight excluding hydrogens is 240 g/mol. The topological polar surface area (TPSA) is 75.3 Å². The van der Waals surface area contributed by atoms with Gasteiger partial charge in [0.2, 0.25) is 5.91 Å². The predicted octanol–water partition coefficient (Wildman–Crippen LogP) is 1.81. The molecule has 4 nitrogen and oxygen atoms in total. The smallest absolute Gasteiger partial charge is 0.224 e. The van der Waals surface area contributed by atoms with Crippen molar-refractivity contribution in [2.24, 2.45) is 11.7 Å². The molecule has 0 saturated carbocycles. The van der Waals surface area contributed by atoms with Gasteiger partial charge >= 0.3 is 0 Å². The number of carbonyl (C=O) groups excluding carboxylic acids is 1. The van der Waals surface area contributed by atoms with Crippen molar-refractivity contribution >= 4 is 5.91 Å². The monoisotopic (exact) mass is 264 g/mol. The lowest BCUT2D eigenvalue weighted by Gasteiger charge is -2.19. The molecule has 106 valence electrons. The maximum atomic E-state index is 11.8. The van der Waals surface area contributed by atoms with Gasteiger partial charge in [0, 0.05) is 18.0 Å². The number of phenols is 1. The van der Waals surface area contributed by atoms with Crippen LogP contribution in [0.15, 0.2) is 24.3 Å². The average Bonchev–Trinajstić information content (AvgIpc) is 2.37. The molecule has 0 fully saturated rings. The van der Waals surface area contributed by atoms with E-state index >= 15 is 0 Å². The second-order valence-electron chi connectivity index (χ2n) is 5.26. The van der Waals surface area contributed by atoms with Gasteiger partial charge in [-0.05, 0) is 44.4 Å². The molecule has 19 heavy (non-hydrogen) atoms. The molecule has 0 spiro atoms. The quantitative estimate of drug-likeness (QED) is 0.733. The zero-order chi connectivity index (χ0) is 14.4. The van der Waals surface area contributed by atoms with Gasteiger partial charge in [0.05, 0.1) is 0 Å². The van der Waals surface area contributed by atoms with Crippen LogP contribution in [0, 0.1) is 5.92 Å². The summed E-state index contributed by atoms with van der Waals surface area (Å²) in [5.74, 6) is 0.111. The molecule has 3 unspecified atom stereocenters. The number of hydrogen-bond donors (Lipinski definition) is 3. The average molecular weight is 264 g/mol. The van der Waals surface area contributed by atoms with Crippen molar-refractivity contribution in [2.75, 3.05) is 0 Å². The summed E-state index contributed by atoms with van der Waals surface area (Å²) in [6, 6.07) is 7.13. The summed E-state index contributed by atoms with van der Waals surface area (Å²) in [6.45, 7) is 5.67. The first-order valence-electron chi connectivity index (χ1n) is 6.74. The van der Waals surface area contributed by atoms with Gasteiger partial charge in [0.25, 0.3) is 0 Å². The minimum Gasteiger partial charge on any atom is -0.508 e. The molecule has 0 aliphatic carbocycles. The number of benzene rings is 1. The standard InChI is InChI=1S/C15H24N2O2/c1-10(17-15(19)11(2)12(3)16)4-5-13-6-8-14(18)9-7-13/h6-12,18H,4-5,16H2,1-3H3,(H,17,19). The van der Waals surface area contributed by atoms with E-state index in [0.717, 1.165) is 18.4 Å². The lowest BCUT2D eigenvalue weighted by molar-refractivity contribution is -0.125. The highest BCUT2D eigenvalue weighted by Crippen LogP contribution is 2.12. The first kappa shape index (κ1) is 15.5. The minimum atomic E-state index is -0.170. The van der Waals surface area contributed by atoms with Gasteiger partial charge in [-0.25, -0.2) is 0 Å². The summed E-state index contributed by atoms with van der Waals surface area (Å²) in [4.78, 5) is 11.8. The third-order valence-electron chi connectivity index (χ3n) is 3.39. The Labute approximate surface area is 115 Å². The van der Waals surface area contributed by atoms with E-state index in [2.05, 4.69) is 5.32 Å². The summed E-state index contributed by atoms with van der Waals surface area (Å²) < 4.78 is 0. The molecule has 4 N–H and O–H groups in total. The van der Waals surface area contributed by atoms with E-state index in [0.29, 0.717) is 0 Å². The Morgan fingerprint density at radius 1 is 1.26 bits per heavy atom. The zero-order valence-corrected chi connectivity index (χ0v) is 11.9. The van der Waals surface area contributed by atoms with Gasteiger partial charge in [-0.1, -0.05) is 19.1 Å². The summed E-state index contributed by atoms with van der Waals surface area (Å²) in [5.41, 5.74) is 6.86. The Hall–Kier alpha value is -1.55. The molecule has 4 heteroatoms. The van der Waals surface area contributed by atoms with Gasteiger partial charge in [-0.15, -0.1) is 0 Å². The van der Waals surface area contributed by atoms with E-state index in [-0.39, 0.29) is 29.7 Å². The van der Waals surface area contributed by atoms with E-state index in [1.807, 2.05) is 32.9 Å². The van der Waals surface area contributed by atoms with E-state index in [1.54, 1.807) is 12.1 Å². The van der Waals surface area contributed by atoms with Crippen LogP contribution in [0.4, 0.5) is 0 Å². The fraction of sp³-hybridized carbons (Fsp3) is 0.533. The molecular formula is C15H24N2O2. The van der Waals surface area contributed by atoms with Crippen LogP contribution in [-0.2, 0) is 11.2 Å². The SMILES string of the molecule is CC(CCc1ccc(O)cc1)NC(=O)C(C)C(C)N. The molecule has 3 atom stereocenters. The van der Waals surface area contributed by atoms with Gasteiger partial charge in [0.15, 0.2) is 0 Å². The summed E-state index contributed by atoms with van der Waals surface area (Å²) in [7, 11) is 0. The predicted molar refractivity (Wildman–Crippen MR) is 76.8 cm³/mol. The van der Waals surface area contributed by atoms with Crippen LogP contribution in [0.1, 0.15) is 32.8 Å². The molecule has 0 aromatic heterocycles. The fourth-order valence-corrected chi connectivity index (χ4v) is 1.73. The molecule has 0 heterocycles. The van der Waals surface area contributed by atoms with Gasteiger partial charge < -0.3 is 16.2 Å². The summed E-state index contributed by atoms with van der Waals surface area (Å²) in [5, 5.41) is 12.2. The van der Waals surface area contributed by atoms with E-state index in [1.165, 1.54) is 0 Å². The van der Waals surface area contributed by atoms with Crippen LogP contribution in [0.2, 0.25) is 0 Å². The van der Waals surface area contributed by atoms with Gasteiger partial charge in [-0.2, -0.15) is 0 Å². The number of nitrogens with two attached hydrogens (primary N) is 1. The van der Waals surface area contributed by atoms with Gasteiger partial charge in [0.1, 0.15) is 5.75 Å². The first-order chi connectivity index (χ1) is 8.90. The highest BCUT2D eigenvalue weighted by molar-refractivity contribution is 5.79. The number of carbonyl (C=O) groups is 1. The number of hydrogen-bond acceptors (Lipinski definition) is 3. The van der Waals surface area contributed by atoms with Crippen molar-refractivity contribution in [1.29, 1.82) is 0 Å². The second kappa shape index (κ2) is 7.14. The van der Waals surface area contributed by atoms with Crippen LogP contribution < -0.4 is 11.1 Å². The molecule has 0 bridgehead atoms. The highest BCUT2D eigenvalue weighted by Gasteiger charge is 2.18. The number of amides is 1. The van der Waals surface area contributed by atoms with Crippen molar-refractivity contribution in [3.05, 3.63) is 29.8 Å². The van der Waals surface area contributed by atoms with Crippen LogP contribution in [0.5, 0.6) is 5.75 Å². The first-order valence-corrected chi connectivity index (χ1v) is 6.74. The third kappa shape index (κ3) is 5.30. The molecule has 0 radical (unpaired) electrons. The maximum Gasteiger partial charge on any atom is 0.224 e. The van der Waals surface area contributed by atoms with E-state index in [4.69, 9.17) is 5.73 Å². The molecule has 1 rings (SSSR count). The van der Waals surface area contributed by atoms with Crippen LogP contribution in [0.25, 0.3) is 0 Å². The Morgan fingerprint density at radius 3 is 2.37 bits per heavy atom. The van der Waals surface area contributed by atoms with Gasteiger partial charge in [-0.3, -0.25) is 4.79 Å². The number of aromatic hydroxyl groups is 1. The lowest BCUT2D eigenvalue weighted by Crippen LogP contribution is -2.42. The maximum absolute atomic E-state index is 11.8. The second-order valence-corrected chi connectivity index (χ2v) is 5.26. The van der Waals surface area contributed by atoms with E-state index < -0.39 is 0 Å². The van der Waals surface area contributed by atoms with Crippen molar-refractivity contribution in [3.63, 3.8) is 0 Å². The minimum absolute atomic E-state index is 0.00760.